The van der Waals surface area contributed by atoms with Crippen molar-refractivity contribution in [1.29, 1.82) is 5.26 Å². The summed E-state index contributed by atoms with van der Waals surface area (Å²) < 4.78 is 22.1. The van der Waals surface area contributed by atoms with Crippen LogP contribution in [0.5, 0.6) is 0 Å². The van der Waals surface area contributed by atoms with Crippen LogP contribution in [0.2, 0.25) is 0 Å². The summed E-state index contributed by atoms with van der Waals surface area (Å²) in [5.74, 6) is -0.554. The van der Waals surface area contributed by atoms with Gasteiger partial charge in [-0.3, -0.25) is 0 Å². The summed E-state index contributed by atoms with van der Waals surface area (Å²) in [6.45, 7) is 0. The van der Waals surface area contributed by atoms with Crippen molar-refractivity contribution in [3.05, 3.63) is 0 Å². The summed E-state index contributed by atoms with van der Waals surface area (Å²) in [4.78, 5) is 10.3. The van der Waals surface area contributed by atoms with E-state index in [9.17, 15) is 18.3 Å². The third-order valence-corrected chi connectivity index (χ3v) is 4.04. The molecule has 0 spiro atoms. The second-order valence-corrected chi connectivity index (χ2v) is 5.37. The van der Waals surface area contributed by atoms with Crippen LogP contribution in [0.1, 0.15) is 6.42 Å². The topological polar surface area (TPSA) is 95.2 Å². The minimum absolute atomic E-state index is 0.0335. The number of sulfone groups is 1. The number of nitriles is 1. The molecule has 0 radical (unpaired) electrons. The van der Waals surface area contributed by atoms with Crippen LogP contribution >= 0.6 is 0 Å². The Labute approximate surface area is 75.9 Å². The Morgan fingerprint density at radius 3 is 2.54 bits per heavy atom. The number of hydrogen-bond donors (Lipinski definition) is 1. The van der Waals surface area contributed by atoms with E-state index >= 15 is 0 Å². The summed E-state index contributed by atoms with van der Waals surface area (Å²) in [6, 6.07) is 1.72. The average Bonchev–Trinajstić information content (AvgIpc) is 2.41. The maximum absolute atomic E-state index is 11.0. The molecule has 0 aliphatic carbocycles. The second kappa shape index (κ2) is 3.09. The molecule has 1 aliphatic rings. The molecule has 1 N–H and O–H groups in total. The SMILES string of the molecule is N#CC1(C(O)C=O)CCS(=O)(=O)C1. The van der Waals surface area contributed by atoms with Crippen LogP contribution in [-0.4, -0.2) is 37.4 Å². The number of rotatable bonds is 2. The second-order valence-electron chi connectivity index (χ2n) is 3.19. The van der Waals surface area contributed by atoms with Crippen molar-refractivity contribution in [2.45, 2.75) is 12.5 Å². The fraction of sp³-hybridized carbons (Fsp3) is 0.714. The lowest BCUT2D eigenvalue weighted by Gasteiger charge is -2.20. The monoisotopic (exact) mass is 203 g/mol. The number of hydrogen-bond acceptors (Lipinski definition) is 5. The fourth-order valence-electron chi connectivity index (χ4n) is 1.39. The molecule has 0 saturated carbocycles. The summed E-state index contributed by atoms with van der Waals surface area (Å²) in [6.07, 6.45) is -1.26. The molecule has 0 aromatic rings. The molecule has 0 bridgehead atoms. The molecule has 5 nitrogen and oxygen atoms in total. The third-order valence-electron chi connectivity index (χ3n) is 2.25. The lowest BCUT2D eigenvalue weighted by molar-refractivity contribution is -0.118. The Balaban J connectivity index is 3.01. The molecule has 1 saturated heterocycles. The van der Waals surface area contributed by atoms with Crippen LogP contribution in [0.25, 0.3) is 0 Å². The molecule has 2 atom stereocenters. The van der Waals surface area contributed by atoms with Gasteiger partial charge in [0.1, 0.15) is 17.8 Å². The number of aliphatic hydroxyl groups is 1. The van der Waals surface area contributed by atoms with Crippen LogP contribution in [0.3, 0.4) is 0 Å². The van der Waals surface area contributed by atoms with Gasteiger partial charge in [-0.05, 0) is 6.42 Å². The largest absolute Gasteiger partial charge is 0.384 e. The third kappa shape index (κ3) is 1.71. The summed E-state index contributed by atoms with van der Waals surface area (Å²) in [5.41, 5.74) is -1.42. The first-order valence-electron chi connectivity index (χ1n) is 3.71. The average molecular weight is 203 g/mol. The molecular weight excluding hydrogens is 194 g/mol. The Morgan fingerprint density at radius 1 is 1.62 bits per heavy atom. The summed E-state index contributed by atoms with van der Waals surface area (Å²) in [5, 5.41) is 17.9. The fourth-order valence-corrected chi connectivity index (χ4v) is 3.38. The van der Waals surface area contributed by atoms with Crippen LogP contribution in [0.15, 0.2) is 0 Å². The van der Waals surface area contributed by atoms with Gasteiger partial charge in [0, 0.05) is 0 Å². The Morgan fingerprint density at radius 2 is 2.23 bits per heavy atom. The van der Waals surface area contributed by atoms with Gasteiger partial charge in [0.05, 0.1) is 17.6 Å². The summed E-state index contributed by atoms with van der Waals surface area (Å²) in [7, 11) is -3.26. The number of nitrogens with zero attached hydrogens (tertiary/aromatic N) is 1. The zero-order valence-corrected chi connectivity index (χ0v) is 7.62. The molecule has 0 aromatic carbocycles. The lowest BCUT2D eigenvalue weighted by atomic mass is 9.84. The quantitative estimate of drug-likeness (QED) is 0.573. The van der Waals surface area contributed by atoms with Crippen LogP contribution in [0, 0.1) is 16.7 Å². The van der Waals surface area contributed by atoms with Crippen molar-refractivity contribution < 1.29 is 18.3 Å². The normalized spacial score (nSPS) is 33.5. The molecule has 6 heteroatoms. The highest BCUT2D eigenvalue weighted by atomic mass is 32.2. The van der Waals surface area contributed by atoms with E-state index in [4.69, 9.17) is 5.26 Å². The van der Waals surface area contributed by atoms with E-state index in [-0.39, 0.29) is 18.5 Å². The number of aliphatic hydroxyl groups excluding tert-OH is 1. The molecule has 1 rings (SSSR count). The van der Waals surface area contributed by atoms with Crippen molar-refractivity contribution in [2.24, 2.45) is 5.41 Å². The zero-order chi connectivity index (χ0) is 10.1. The minimum Gasteiger partial charge on any atom is -0.384 e. The maximum atomic E-state index is 11.0. The van der Waals surface area contributed by atoms with Gasteiger partial charge in [-0.1, -0.05) is 0 Å². The molecule has 2 unspecified atom stereocenters. The highest BCUT2D eigenvalue weighted by Gasteiger charge is 2.48. The van der Waals surface area contributed by atoms with Gasteiger partial charge in [-0.2, -0.15) is 5.26 Å². The van der Waals surface area contributed by atoms with Crippen molar-refractivity contribution in [3.8, 4) is 6.07 Å². The molecule has 13 heavy (non-hydrogen) atoms. The molecule has 1 fully saturated rings. The van der Waals surface area contributed by atoms with Crippen molar-refractivity contribution in [2.75, 3.05) is 11.5 Å². The molecule has 1 aliphatic heterocycles. The minimum atomic E-state index is -3.26. The first kappa shape index (κ1) is 10.2. The predicted molar refractivity (Wildman–Crippen MR) is 43.4 cm³/mol. The first-order valence-corrected chi connectivity index (χ1v) is 5.53. The molecule has 72 valence electrons. The highest BCUT2D eigenvalue weighted by Crippen LogP contribution is 2.34. The number of carbonyl (C=O) groups is 1. The molecular formula is C7H9NO4S. The lowest BCUT2D eigenvalue weighted by Crippen LogP contribution is -2.36. The number of aldehydes is 1. The van der Waals surface area contributed by atoms with E-state index in [1.165, 1.54) is 0 Å². The van der Waals surface area contributed by atoms with E-state index in [0.717, 1.165) is 0 Å². The van der Waals surface area contributed by atoms with Gasteiger partial charge in [-0.25, -0.2) is 8.42 Å². The van der Waals surface area contributed by atoms with Gasteiger partial charge >= 0.3 is 0 Å². The van der Waals surface area contributed by atoms with E-state index in [0.29, 0.717) is 0 Å². The Hall–Kier alpha value is -0.930. The van der Waals surface area contributed by atoms with E-state index in [1.807, 2.05) is 0 Å². The highest BCUT2D eigenvalue weighted by molar-refractivity contribution is 7.91. The molecule has 0 amide bonds. The number of carbonyl (C=O) groups excluding carboxylic acids is 1. The first-order chi connectivity index (χ1) is 5.96. The Kier molecular flexibility index (Phi) is 2.41. The van der Waals surface area contributed by atoms with E-state index in [1.54, 1.807) is 6.07 Å². The van der Waals surface area contributed by atoms with E-state index < -0.39 is 27.1 Å². The van der Waals surface area contributed by atoms with Crippen LogP contribution in [0.4, 0.5) is 0 Å². The molecule has 0 aromatic heterocycles. The standard InChI is InChI=1S/C7H9NO4S/c8-4-7(6(10)3-9)1-2-13(11,12)5-7/h3,6,10H,1-2,5H2. The van der Waals surface area contributed by atoms with Crippen molar-refractivity contribution >= 4 is 16.1 Å². The maximum Gasteiger partial charge on any atom is 0.152 e. The van der Waals surface area contributed by atoms with Crippen LogP contribution in [-0.2, 0) is 14.6 Å². The van der Waals surface area contributed by atoms with Gasteiger partial charge in [0.2, 0.25) is 0 Å². The van der Waals surface area contributed by atoms with E-state index in [2.05, 4.69) is 0 Å². The van der Waals surface area contributed by atoms with Gasteiger partial charge < -0.3 is 9.90 Å². The van der Waals surface area contributed by atoms with Gasteiger partial charge in [0.25, 0.3) is 0 Å². The summed E-state index contributed by atoms with van der Waals surface area (Å²) >= 11 is 0. The van der Waals surface area contributed by atoms with Gasteiger partial charge in [-0.15, -0.1) is 0 Å². The Bertz CT molecular complexity index is 355. The van der Waals surface area contributed by atoms with Crippen LogP contribution < -0.4 is 0 Å². The van der Waals surface area contributed by atoms with Crippen molar-refractivity contribution in [1.82, 2.24) is 0 Å². The molecule has 1 heterocycles. The predicted octanol–water partition coefficient (Wildman–Crippen LogP) is -1.13. The zero-order valence-electron chi connectivity index (χ0n) is 6.80. The van der Waals surface area contributed by atoms with Crippen molar-refractivity contribution in [3.63, 3.8) is 0 Å². The van der Waals surface area contributed by atoms with Gasteiger partial charge in [0.15, 0.2) is 9.84 Å². The smallest absolute Gasteiger partial charge is 0.152 e.